The highest BCUT2D eigenvalue weighted by molar-refractivity contribution is 6.32. The van der Waals surface area contributed by atoms with Gasteiger partial charge in [0.15, 0.2) is 0 Å². The Morgan fingerprint density at radius 2 is 2.17 bits per heavy atom. The van der Waals surface area contributed by atoms with E-state index in [2.05, 4.69) is 10.3 Å². The molecule has 0 bridgehead atoms. The van der Waals surface area contributed by atoms with E-state index in [1.165, 1.54) is 0 Å². The Bertz CT molecular complexity index is 412. The van der Waals surface area contributed by atoms with Crippen molar-refractivity contribution in [1.82, 2.24) is 15.2 Å². The van der Waals surface area contributed by atoms with Gasteiger partial charge in [-0.3, -0.25) is 9.69 Å². The average Bonchev–Trinajstić information content (AvgIpc) is 2.30. The summed E-state index contributed by atoms with van der Waals surface area (Å²) in [4.78, 5) is 17.4. The van der Waals surface area contributed by atoms with Crippen LogP contribution in [0, 0.1) is 0 Å². The summed E-state index contributed by atoms with van der Waals surface area (Å²) in [6.45, 7) is 3.61. The second-order valence-corrected chi connectivity index (χ2v) is 4.85. The van der Waals surface area contributed by atoms with Crippen molar-refractivity contribution in [2.75, 3.05) is 20.1 Å². The molecule has 0 aliphatic carbocycles. The number of carbonyl (C=O) groups is 1. The molecule has 1 rings (SSSR count). The molecule has 18 heavy (non-hydrogen) atoms. The van der Waals surface area contributed by atoms with E-state index in [1.807, 2.05) is 24.9 Å². The number of aromatic nitrogens is 1. The number of likely N-dealkylation sites (N-methyl/N-ethyl adjacent to an activating group) is 1. The van der Waals surface area contributed by atoms with Gasteiger partial charge < -0.3 is 5.32 Å². The minimum Gasteiger partial charge on any atom is -0.355 e. The molecule has 0 aliphatic rings. The van der Waals surface area contributed by atoms with E-state index in [9.17, 15) is 4.79 Å². The first-order chi connectivity index (χ1) is 8.52. The summed E-state index contributed by atoms with van der Waals surface area (Å²) in [5.41, 5.74) is 0.854. The van der Waals surface area contributed by atoms with Crippen LogP contribution in [0.1, 0.15) is 18.9 Å². The van der Waals surface area contributed by atoms with Crippen molar-refractivity contribution in [2.45, 2.75) is 19.9 Å². The maximum atomic E-state index is 11.5. The summed E-state index contributed by atoms with van der Waals surface area (Å²) in [6, 6.07) is 3.51. The van der Waals surface area contributed by atoms with Crippen molar-refractivity contribution in [3.05, 3.63) is 28.0 Å². The Morgan fingerprint density at radius 1 is 1.44 bits per heavy atom. The fraction of sp³-hybridized carbons (Fsp3) is 0.500. The summed E-state index contributed by atoms with van der Waals surface area (Å²) in [5, 5.41) is 3.57. The number of nitrogens with one attached hydrogen (secondary N) is 1. The molecule has 0 unspecified atom stereocenters. The van der Waals surface area contributed by atoms with Gasteiger partial charge in [-0.25, -0.2) is 4.98 Å². The normalized spacial score (nSPS) is 10.7. The Morgan fingerprint density at radius 3 is 2.78 bits per heavy atom. The molecule has 1 amide bonds. The molecule has 0 atom stereocenters. The van der Waals surface area contributed by atoms with Crippen LogP contribution in [0.5, 0.6) is 0 Å². The molecule has 100 valence electrons. The SMILES string of the molecule is CCCNC(=O)CN(C)Cc1ccc(Cl)nc1Cl. The Balaban J connectivity index is 2.48. The monoisotopic (exact) mass is 289 g/mol. The van der Waals surface area contributed by atoms with Gasteiger partial charge in [0.25, 0.3) is 0 Å². The topological polar surface area (TPSA) is 45.2 Å². The summed E-state index contributed by atoms with van der Waals surface area (Å²) in [5.74, 6) is 0.0115. The van der Waals surface area contributed by atoms with Gasteiger partial charge in [0.05, 0.1) is 6.54 Å². The Hall–Kier alpha value is -0.840. The molecule has 1 N–H and O–H groups in total. The zero-order chi connectivity index (χ0) is 13.5. The van der Waals surface area contributed by atoms with Crippen LogP contribution in [0.4, 0.5) is 0 Å². The van der Waals surface area contributed by atoms with Gasteiger partial charge >= 0.3 is 0 Å². The first kappa shape index (κ1) is 15.2. The second kappa shape index (κ2) is 7.56. The van der Waals surface area contributed by atoms with Crippen LogP contribution in [0.2, 0.25) is 10.3 Å². The average molecular weight is 290 g/mol. The third kappa shape index (κ3) is 5.21. The molecular weight excluding hydrogens is 273 g/mol. The van der Waals surface area contributed by atoms with Crippen LogP contribution >= 0.6 is 23.2 Å². The van der Waals surface area contributed by atoms with Gasteiger partial charge in [-0.2, -0.15) is 0 Å². The second-order valence-electron chi connectivity index (χ2n) is 4.11. The van der Waals surface area contributed by atoms with Gasteiger partial charge in [0.2, 0.25) is 5.91 Å². The maximum absolute atomic E-state index is 11.5. The van der Waals surface area contributed by atoms with Crippen molar-refractivity contribution >= 4 is 29.1 Å². The summed E-state index contributed by atoms with van der Waals surface area (Å²) in [7, 11) is 1.86. The smallest absolute Gasteiger partial charge is 0.234 e. The number of amides is 1. The number of halogens is 2. The number of carbonyl (C=O) groups excluding carboxylic acids is 1. The minimum atomic E-state index is 0.0115. The quantitative estimate of drug-likeness (QED) is 0.818. The Kier molecular flexibility index (Phi) is 6.39. The van der Waals surface area contributed by atoms with Crippen molar-refractivity contribution in [3.63, 3.8) is 0 Å². The molecule has 0 saturated heterocycles. The molecule has 4 nitrogen and oxygen atoms in total. The van der Waals surface area contributed by atoms with Crippen molar-refractivity contribution in [2.24, 2.45) is 0 Å². The fourth-order valence-electron chi connectivity index (χ4n) is 1.47. The number of rotatable bonds is 6. The molecule has 1 heterocycles. The molecule has 0 spiro atoms. The van der Waals surface area contributed by atoms with E-state index in [0.717, 1.165) is 12.0 Å². The lowest BCUT2D eigenvalue weighted by Gasteiger charge is -2.16. The highest BCUT2D eigenvalue weighted by atomic mass is 35.5. The summed E-state index contributed by atoms with van der Waals surface area (Å²) >= 11 is 11.7. The van der Waals surface area contributed by atoms with E-state index < -0.39 is 0 Å². The molecule has 0 fully saturated rings. The van der Waals surface area contributed by atoms with Crippen molar-refractivity contribution < 1.29 is 4.79 Å². The van der Waals surface area contributed by atoms with E-state index in [4.69, 9.17) is 23.2 Å². The minimum absolute atomic E-state index is 0.0115. The predicted octanol–water partition coefficient (Wildman–Crippen LogP) is 2.35. The molecular formula is C12H17Cl2N3O. The van der Waals surface area contributed by atoms with Crippen molar-refractivity contribution in [1.29, 1.82) is 0 Å². The lowest BCUT2D eigenvalue weighted by Crippen LogP contribution is -2.35. The molecule has 0 aromatic carbocycles. The van der Waals surface area contributed by atoms with Gasteiger partial charge in [0.1, 0.15) is 10.3 Å². The largest absolute Gasteiger partial charge is 0.355 e. The maximum Gasteiger partial charge on any atom is 0.234 e. The molecule has 1 aromatic rings. The highest BCUT2D eigenvalue weighted by Crippen LogP contribution is 2.17. The zero-order valence-electron chi connectivity index (χ0n) is 10.5. The third-order valence-electron chi connectivity index (χ3n) is 2.32. The molecule has 0 aliphatic heterocycles. The number of hydrogen-bond donors (Lipinski definition) is 1. The molecule has 1 aromatic heterocycles. The molecule has 0 saturated carbocycles. The molecule has 0 radical (unpaired) electrons. The van der Waals surface area contributed by atoms with Gasteiger partial charge in [-0.1, -0.05) is 36.2 Å². The van der Waals surface area contributed by atoms with Crippen LogP contribution in [-0.2, 0) is 11.3 Å². The number of hydrogen-bond acceptors (Lipinski definition) is 3. The number of pyridine rings is 1. The van der Waals surface area contributed by atoms with Crippen molar-refractivity contribution in [3.8, 4) is 0 Å². The lowest BCUT2D eigenvalue weighted by atomic mass is 10.2. The fourth-order valence-corrected chi connectivity index (χ4v) is 1.88. The van der Waals surface area contributed by atoms with Crippen LogP contribution < -0.4 is 5.32 Å². The van der Waals surface area contributed by atoms with E-state index in [0.29, 0.717) is 29.9 Å². The first-order valence-corrected chi connectivity index (χ1v) is 6.54. The van der Waals surface area contributed by atoms with E-state index in [-0.39, 0.29) is 5.91 Å². The first-order valence-electron chi connectivity index (χ1n) is 5.79. The molecule has 6 heteroatoms. The van der Waals surface area contributed by atoms with Crippen LogP contribution in [-0.4, -0.2) is 35.9 Å². The predicted molar refractivity (Wildman–Crippen MR) is 73.9 cm³/mol. The lowest BCUT2D eigenvalue weighted by molar-refractivity contribution is -0.122. The Labute approximate surface area is 117 Å². The number of nitrogens with zero attached hydrogens (tertiary/aromatic N) is 2. The third-order valence-corrected chi connectivity index (χ3v) is 2.86. The van der Waals surface area contributed by atoms with Gasteiger partial charge in [-0.05, 0) is 19.5 Å². The summed E-state index contributed by atoms with van der Waals surface area (Å²) < 4.78 is 0. The van der Waals surface area contributed by atoms with E-state index in [1.54, 1.807) is 6.07 Å². The summed E-state index contributed by atoms with van der Waals surface area (Å²) in [6.07, 6.45) is 0.933. The van der Waals surface area contributed by atoms with Crippen LogP contribution in [0.25, 0.3) is 0 Å². The zero-order valence-corrected chi connectivity index (χ0v) is 12.1. The van der Waals surface area contributed by atoms with Crippen LogP contribution in [0.3, 0.4) is 0 Å². The standard InChI is InChI=1S/C12H17Cl2N3O/c1-3-6-15-11(18)8-17(2)7-9-4-5-10(13)16-12(9)14/h4-5H,3,6-8H2,1-2H3,(H,15,18). The van der Waals surface area contributed by atoms with Gasteiger partial charge in [-0.15, -0.1) is 0 Å². The van der Waals surface area contributed by atoms with Gasteiger partial charge in [0, 0.05) is 18.7 Å². The highest BCUT2D eigenvalue weighted by Gasteiger charge is 2.09. The van der Waals surface area contributed by atoms with E-state index >= 15 is 0 Å². The van der Waals surface area contributed by atoms with Crippen LogP contribution in [0.15, 0.2) is 12.1 Å².